The summed E-state index contributed by atoms with van der Waals surface area (Å²) in [6.07, 6.45) is 3.32. The maximum absolute atomic E-state index is 13.0. The number of carbonyl (C=O) groups excluding carboxylic acids is 1. The highest BCUT2D eigenvalue weighted by atomic mass is 35.5. The molecule has 1 aliphatic rings. The molecule has 0 bridgehead atoms. The van der Waals surface area contributed by atoms with Gasteiger partial charge in [0, 0.05) is 30.2 Å². The van der Waals surface area contributed by atoms with E-state index in [1.54, 1.807) is 10.9 Å². The van der Waals surface area contributed by atoms with E-state index in [1.165, 1.54) is 5.56 Å². The van der Waals surface area contributed by atoms with E-state index < -0.39 is 0 Å². The zero-order valence-corrected chi connectivity index (χ0v) is 18.1. The molecule has 1 N–H and O–H groups in total. The van der Waals surface area contributed by atoms with Gasteiger partial charge in [0.2, 0.25) is 0 Å². The van der Waals surface area contributed by atoms with Crippen LogP contribution in [0.5, 0.6) is 0 Å². The molecule has 2 heterocycles. The third kappa shape index (κ3) is 4.27. The lowest BCUT2D eigenvalue weighted by Crippen LogP contribution is -2.37. The second-order valence-corrected chi connectivity index (χ2v) is 8.23. The molecular formula is C24H27ClN4O. The number of carbonyl (C=O) groups is 1. The number of nitrogens with zero attached hydrogens (tertiary/aromatic N) is 3. The fourth-order valence-electron chi connectivity index (χ4n) is 4.20. The molecule has 3 aromatic rings. The zero-order chi connectivity index (χ0) is 21.1. The Hall–Kier alpha value is -2.63. The van der Waals surface area contributed by atoms with Crippen LogP contribution in [0, 0.1) is 0 Å². The highest BCUT2D eigenvalue weighted by Crippen LogP contribution is 2.25. The van der Waals surface area contributed by atoms with E-state index in [-0.39, 0.29) is 11.9 Å². The lowest BCUT2D eigenvalue weighted by molar-refractivity contribution is 0.0935. The first-order chi connectivity index (χ1) is 14.6. The first kappa shape index (κ1) is 20.6. The molecule has 2 aromatic carbocycles. The minimum absolute atomic E-state index is 0.0562. The Kier molecular flexibility index (Phi) is 6.21. The Bertz CT molecular complexity index is 1020. The fraction of sp³-hybridized carbons (Fsp3) is 0.333. The number of hydrogen-bond acceptors (Lipinski definition) is 3. The summed E-state index contributed by atoms with van der Waals surface area (Å²) >= 11 is 6.13. The third-order valence-electron chi connectivity index (χ3n) is 5.89. The molecule has 6 heteroatoms. The number of rotatable bonds is 6. The van der Waals surface area contributed by atoms with E-state index in [4.69, 9.17) is 11.6 Å². The van der Waals surface area contributed by atoms with Crippen molar-refractivity contribution in [3.63, 3.8) is 0 Å². The van der Waals surface area contributed by atoms with Gasteiger partial charge in [-0.05, 0) is 43.5 Å². The quantitative estimate of drug-likeness (QED) is 0.628. The maximum atomic E-state index is 13.0. The Labute approximate surface area is 182 Å². The SMILES string of the molecule is CCc1c(C(=O)NC2CCN(C(C)c3ccccc3)C2)cnn1-c1cccc(Cl)c1. The monoisotopic (exact) mass is 422 g/mol. The van der Waals surface area contributed by atoms with Gasteiger partial charge in [0.05, 0.1) is 23.1 Å². The van der Waals surface area contributed by atoms with Crippen LogP contribution in [-0.4, -0.2) is 39.7 Å². The van der Waals surface area contributed by atoms with E-state index in [9.17, 15) is 4.79 Å². The number of hydrogen-bond donors (Lipinski definition) is 1. The van der Waals surface area contributed by atoms with Crippen molar-refractivity contribution in [1.29, 1.82) is 0 Å². The number of amides is 1. The van der Waals surface area contributed by atoms with Gasteiger partial charge in [0.1, 0.15) is 0 Å². The van der Waals surface area contributed by atoms with Gasteiger partial charge < -0.3 is 5.32 Å². The Morgan fingerprint density at radius 3 is 2.77 bits per heavy atom. The summed E-state index contributed by atoms with van der Waals surface area (Å²) in [6, 6.07) is 18.5. The van der Waals surface area contributed by atoms with Crippen molar-refractivity contribution in [3.05, 3.63) is 82.6 Å². The van der Waals surface area contributed by atoms with Gasteiger partial charge in [0.25, 0.3) is 5.91 Å². The molecule has 0 spiro atoms. The van der Waals surface area contributed by atoms with Crippen LogP contribution < -0.4 is 5.32 Å². The molecule has 0 saturated carbocycles. The molecule has 0 aliphatic carbocycles. The minimum atomic E-state index is -0.0562. The highest BCUT2D eigenvalue weighted by molar-refractivity contribution is 6.30. The molecule has 30 heavy (non-hydrogen) atoms. The van der Waals surface area contributed by atoms with Crippen molar-refractivity contribution in [2.75, 3.05) is 13.1 Å². The summed E-state index contributed by atoms with van der Waals surface area (Å²) in [5, 5.41) is 8.33. The van der Waals surface area contributed by atoms with Crippen molar-refractivity contribution < 1.29 is 4.79 Å². The highest BCUT2D eigenvalue weighted by Gasteiger charge is 2.29. The van der Waals surface area contributed by atoms with Crippen LogP contribution in [0.3, 0.4) is 0 Å². The number of nitrogens with one attached hydrogen (secondary N) is 1. The topological polar surface area (TPSA) is 50.2 Å². The standard InChI is InChI=1S/C24H27ClN4O/c1-3-23-22(15-26-29(23)21-11-7-10-19(25)14-21)24(30)27-20-12-13-28(16-20)17(2)18-8-5-4-6-9-18/h4-11,14-15,17,20H,3,12-13,16H2,1-2H3,(H,27,30). The fourth-order valence-corrected chi connectivity index (χ4v) is 4.38. The molecule has 1 aliphatic heterocycles. The number of aromatic nitrogens is 2. The zero-order valence-electron chi connectivity index (χ0n) is 17.4. The van der Waals surface area contributed by atoms with Crippen molar-refractivity contribution >= 4 is 17.5 Å². The van der Waals surface area contributed by atoms with Crippen LogP contribution in [0.15, 0.2) is 60.8 Å². The van der Waals surface area contributed by atoms with Crippen LogP contribution in [0.25, 0.3) is 5.69 Å². The Balaban J connectivity index is 1.45. The lowest BCUT2D eigenvalue weighted by Gasteiger charge is -2.24. The molecular weight excluding hydrogens is 396 g/mol. The molecule has 1 amide bonds. The average molecular weight is 423 g/mol. The van der Waals surface area contributed by atoms with Gasteiger partial charge in [-0.25, -0.2) is 4.68 Å². The van der Waals surface area contributed by atoms with Crippen molar-refractivity contribution in [2.45, 2.75) is 38.8 Å². The lowest BCUT2D eigenvalue weighted by atomic mass is 10.1. The molecule has 1 saturated heterocycles. The molecule has 1 aromatic heterocycles. The van der Waals surface area contributed by atoms with Crippen LogP contribution in [0.2, 0.25) is 5.02 Å². The van der Waals surface area contributed by atoms with Crippen LogP contribution in [0.4, 0.5) is 0 Å². The molecule has 2 atom stereocenters. The second-order valence-electron chi connectivity index (χ2n) is 7.79. The summed E-state index contributed by atoms with van der Waals surface area (Å²) in [6.45, 7) is 6.09. The van der Waals surface area contributed by atoms with E-state index in [0.29, 0.717) is 23.0 Å². The van der Waals surface area contributed by atoms with Gasteiger partial charge in [0.15, 0.2) is 0 Å². The first-order valence-electron chi connectivity index (χ1n) is 10.5. The predicted molar refractivity (Wildman–Crippen MR) is 120 cm³/mol. The predicted octanol–water partition coefficient (Wildman–Crippen LogP) is 4.65. The maximum Gasteiger partial charge on any atom is 0.255 e. The molecule has 1 fully saturated rings. The van der Waals surface area contributed by atoms with E-state index in [2.05, 4.69) is 46.5 Å². The van der Waals surface area contributed by atoms with Gasteiger partial charge >= 0.3 is 0 Å². The smallest absolute Gasteiger partial charge is 0.255 e. The van der Waals surface area contributed by atoms with Gasteiger partial charge in [-0.1, -0.05) is 54.9 Å². The van der Waals surface area contributed by atoms with Crippen molar-refractivity contribution in [1.82, 2.24) is 20.0 Å². The summed E-state index contributed by atoms with van der Waals surface area (Å²) in [5.41, 5.74) is 3.69. The largest absolute Gasteiger partial charge is 0.348 e. The molecule has 0 radical (unpaired) electrons. The molecule has 5 nitrogen and oxygen atoms in total. The van der Waals surface area contributed by atoms with Crippen LogP contribution in [0.1, 0.15) is 47.9 Å². The Morgan fingerprint density at radius 2 is 2.03 bits per heavy atom. The van der Waals surface area contributed by atoms with Crippen molar-refractivity contribution in [3.8, 4) is 5.69 Å². The summed E-state index contributed by atoms with van der Waals surface area (Å²) in [5.74, 6) is -0.0562. The van der Waals surface area contributed by atoms with Crippen molar-refractivity contribution in [2.24, 2.45) is 0 Å². The van der Waals surface area contributed by atoms with Gasteiger partial charge in [-0.15, -0.1) is 0 Å². The second kappa shape index (κ2) is 9.02. The van der Waals surface area contributed by atoms with E-state index in [0.717, 1.165) is 30.9 Å². The third-order valence-corrected chi connectivity index (χ3v) is 6.12. The normalized spacial score (nSPS) is 17.8. The number of halogens is 1. The minimum Gasteiger partial charge on any atom is -0.348 e. The molecule has 2 unspecified atom stereocenters. The first-order valence-corrected chi connectivity index (χ1v) is 10.9. The Morgan fingerprint density at radius 1 is 1.23 bits per heavy atom. The van der Waals surface area contributed by atoms with E-state index >= 15 is 0 Å². The van der Waals surface area contributed by atoms with E-state index in [1.807, 2.05) is 37.3 Å². The summed E-state index contributed by atoms with van der Waals surface area (Å²) in [7, 11) is 0. The summed E-state index contributed by atoms with van der Waals surface area (Å²) < 4.78 is 1.80. The molecule has 4 rings (SSSR count). The molecule has 156 valence electrons. The van der Waals surface area contributed by atoms with Crippen LogP contribution in [-0.2, 0) is 6.42 Å². The van der Waals surface area contributed by atoms with Gasteiger partial charge in [-0.3, -0.25) is 9.69 Å². The number of likely N-dealkylation sites (tertiary alicyclic amines) is 1. The van der Waals surface area contributed by atoms with Crippen LogP contribution >= 0.6 is 11.6 Å². The number of benzene rings is 2. The van der Waals surface area contributed by atoms with Gasteiger partial charge in [-0.2, -0.15) is 5.10 Å². The average Bonchev–Trinajstić information content (AvgIpc) is 3.40. The summed E-state index contributed by atoms with van der Waals surface area (Å²) in [4.78, 5) is 15.5.